The summed E-state index contributed by atoms with van der Waals surface area (Å²) in [7, 11) is 0. The van der Waals surface area contributed by atoms with E-state index >= 15 is 0 Å². The summed E-state index contributed by atoms with van der Waals surface area (Å²) in [6, 6.07) is 17.1. The van der Waals surface area contributed by atoms with E-state index in [2.05, 4.69) is 31.3 Å². The smallest absolute Gasteiger partial charge is 0.220 e. The molecule has 1 amide bonds. The number of hydrogen-bond donors (Lipinski definition) is 1. The first-order chi connectivity index (χ1) is 12.4. The molecule has 0 unspecified atom stereocenters. The third-order valence-corrected chi connectivity index (χ3v) is 4.35. The van der Waals surface area contributed by atoms with Crippen LogP contribution in [-0.4, -0.2) is 24.8 Å². The van der Waals surface area contributed by atoms with E-state index in [0.29, 0.717) is 18.7 Å². The normalized spacial score (nSPS) is 11.0. The van der Waals surface area contributed by atoms with E-state index in [1.54, 1.807) is 24.3 Å². The molecular formula is C22H27NO3. The van der Waals surface area contributed by atoms with E-state index < -0.39 is 0 Å². The molecule has 0 spiro atoms. The minimum absolute atomic E-state index is 0.0366. The quantitative estimate of drug-likeness (QED) is 0.689. The van der Waals surface area contributed by atoms with E-state index in [0.717, 1.165) is 5.75 Å². The average molecular weight is 353 g/mol. The number of carbonyl (C=O) groups is 2. The van der Waals surface area contributed by atoms with Crippen LogP contribution in [0.2, 0.25) is 0 Å². The molecule has 2 aromatic carbocycles. The highest BCUT2D eigenvalue weighted by Gasteiger charge is 2.21. The van der Waals surface area contributed by atoms with Gasteiger partial charge in [-0.25, -0.2) is 0 Å². The van der Waals surface area contributed by atoms with Crippen molar-refractivity contribution in [2.24, 2.45) is 0 Å². The second-order valence-electron chi connectivity index (χ2n) is 6.91. The molecule has 0 bridgehead atoms. The number of rotatable bonds is 9. The van der Waals surface area contributed by atoms with Gasteiger partial charge in [0.1, 0.15) is 5.75 Å². The van der Waals surface area contributed by atoms with E-state index in [-0.39, 0.29) is 29.9 Å². The first kappa shape index (κ1) is 19.7. The van der Waals surface area contributed by atoms with Gasteiger partial charge in [-0.15, -0.1) is 0 Å². The number of Topliss-reactive ketones (excluding diaryl/α,β-unsaturated/α-hetero) is 1. The maximum absolute atomic E-state index is 12.2. The predicted molar refractivity (Wildman–Crippen MR) is 104 cm³/mol. The molecular weight excluding hydrogens is 326 g/mol. The second-order valence-corrected chi connectivity index (χ2v) is 6.91. The molecule has 0 atom stereocenters. The van der Waals surface area contributed by atoms with Crippen LogP contribution in [-0.2, 0) is 10.2 Å². The summed E-state index contributed by atoms with van der Waals surface area (Å²) in [5.74, 6) is 0.601. The highest BCUT2D eigenvalue weighted by Crippen LogP contribution is 2.21. The van der Waals surface area contributed by atoms with Crippen LogP contribution in [0.25, 0.3) is 0 Å². The fourth-order valence-electron chi connectivity index (χ4n) is 2.67. The zero-order valence-electron chi connectivity index (χ0n) is 15.7. The number of amides is 1. The monoisotopic (exact) mass is 353 g/mol. The molecule has 0 saturated carbocycles. The van der Waals surface area contributed by atoms with Gasteiger partial charge in [0, 0.05) is 30.4 Å². The van der Waals surface area contributed by atoms with Gasteiger partial charge in [-0.1, -0.05) is 44.2 Å². The standard InChI is InChI=1S/C22H27NO3/c1-4-26-19-12-10-17(11-13-19)20(24)14-15-21(25)23-16-22(2,3)18-8-6-5-7-9-18/h5-13H,4,14-16H2,1-3H3,(H,23,25). The molecule has 26 heavy (non-hydrogen) atoms. The summed E-state index contributed by atoms with van der Waals surface area (Å²) < 4.78 is 5.36. The number of hydrogen-bond acceptors (Lipinski definition) is 3. The van der Waals surface area contributed by atoms with Crippen LogP contribution in [0.1, 0.15) is 49.5 Å². The fraction of sp³-hybridized carbons (Fsp3) is 0.364. The molecule has 138 valence electrons. The van der Waals surface area contributed by atoms with Crippen LogP contribution in [0, 0.1) is 0 Å². The fourth-order valence-corrected chi connectivity index (χ4v) is 2.67. The number of nitrogens with one attached hydrogen (secondary N) is 1. The van der Waals surface area contributed by atoms with Crippen LogP contribution in [0.4, 0.5) is 0 Å². The number of benzene rings is 2. The van der Waals surface area contributed by atoms with Gasteiger partial charge in [0.2, 0.25) is 5.91 Å². The van der Waals surface area contributed by atoms with E-state index in [1.165, 1.54) is 5.56 Å². The first-order valence-electron chi connectivity index (χ1n) is 9.00. The largest absolute Gasteiger partial charge is 0.494 e. The molecule has 0 fully saturated rings. The molecule has 0 aliphatic carbocycles. The summed E-state index contributed by atoms with van der Waals surface area (Å²) in [6.45, 7) is 7.22. The van der Waals surface area contributed by atoms with Crippen molar-refractivity contribution in [1.82, 2.24) is 5.32 Å². The van der Waals surface area contributed by atoms with Gasteiger partial charge in [-0.3, -0.25) is 9.59 Å². The maximum atomic E-state index is 12.2. The van der Waals surface area contributed by atoms with Gasteiger partial charge in [0.25, 0.3) is 0 Å². The topological polar surface area (TPSA) is 55.4 Å². The number of ketones is 1. The zero-order valence-corrected chi connectivity index (χ0v) is 15.7. The van der Waals surface area contributed by atoms with Crippen molar-refractivity contribution in [2.45, 2.75) is 39.0 Å². The molecule has 2 rings (SSSR count). The molecule has 0 radical (unpaired) electrons. The molecule has 0 aliphatic rings. The highest BCUT2D eigenvalue weighted by molar-refractivity contribution is 5.98. The van der Waals surface area contributed by atoms with Gasteiger partial charge < -0.3 is 10.1 Å². The van der Waals surface area contributed by atoms with Gasteiger partial charge in [-0.2, -0.15) is 0 Å². The first-order valence-corrected chi connectivity index (χ1v) is 9.00. The Morgan fingerprint density at radius 1 is 0.962 bits per heavy atom. The Hall–Kier alpha value is -2.62. The van der Waals surface area contributed by atoms with E-state index in [4.69, 9.17) is 4.74 Å². The number of carbonyl (C=O) groups excluding carboxylic acids is 2. The molecule has 1 N–H and O–H groups in total. The minimum atomic E-state index is -0.157. The van der Waals surface area contributed by atoms with Crippen molar-refractivity contribution in [1.29, 1.82) is 0 Å². The lowest BCUT2D eigenvalue weighted by molar-refractivity contribution is -0.121. The SMILES string of the molecule is CCOc1ccc(C(=O)CCC(=O)NCC(C)(C)c2ccccc2)cc1. The molecule has 0 aromatic heterocycles. The Kier molecular flexibility index (Phi) is 6.96. The van der Waals surface area contributed by atoms with Gasteiger partial charge in [0.05, 0.1) is 6.61 Å². The van der Waals surface area contributed by atoms with Gasteiger partial charge >= 0.3 is 0 Å². The average Bonchev–Trinajstić information content (AvgIpc) is 2.66. The van der Waals surface area contributed by atoms with E-state index in [9.17, 15) is 9.59 Å². The zero-order chi connectivity index (χ0) is 19.0. The van der Waals surface area contributed by atoms with Gasteiger partial charge in [0.15, 0.2) is 5.78 Å². The number of ether oxygens (including phenoxy) is 1. The van der Waals surface area contributed by atoms with Crippen LogP contribution in [0.3, 0.4) is 0 Å². The molecule has 4 heteroatoms. The lowest BCUT2D eigenvalue weighted by Crippen LogP contribution is -2.36. The summed E-state index contributed by atoms with van der Waals surface area (Å²) in [5, 5.41) is 2.94. The molecule has 2 aromatic rings. The molecule has 0 heterocycles. The minimum Gasteiger partial charge on any atom is -0.494 e. The van der Waals surface area contributed by atoms with Crippen LogP contribution in [0.15, 0.2) is 54.6 Å². The maximum Gasteiger partial charge on any atom is 0.220 e. The van der Waals surface area contributed by atoms with Crippen molar-refractivity contribution in [2.75, 3.05) is 13.2 Å². The van der Waals surface area contributed by atoms with Crippen molar-refractivity contribution in [3.63, 3.8) is 0 Å². The lowest BCUT2D eigenvalue weighted by atomic mass is 9.84. The predicted octanol–water partition coefficient (Wildman–Crippen LogP) is 4.14. The third-order valence-electron chi connectivity index (χ3n) is 4.35. The van der Waals surface area contributed by atoms with Crippen LogP contribution < -0.4 is 10.1 Å². The van der Waals surface area contributed by atoms with Crippen LogP contribution >= 0.6 is 0 Å². The van der Waals surface area contributed by atoms with Gasteiger partial charge in [-0.05, 0) is 36.8 Å². The summed E-state index contributed by atoms with van der Waals surface area (Å²) in [4.78, 5) is 24.3. The Labute approximate surface area is 155 Å². The van der Waals surface area contributed by atoms with Crippen molar-refractivity contribution in [3.8, 4) is 5.75 Å². The lowest BCUT2D eigenvalue weighted by Gasteiger charge is -2.25. The third kappa shape index (κ3) is 5.73. The molecule has 4 nitrogen and oxygen atoms in total. The van der Waals surface area contributed by atoms with Crippen molar-refractivity contribution >= 4 is 11.7 Å². The molecule has 0 aliphatic heterocycles. The summed E-state index contributed by atoms with van der Waals surface area (Å²) >= 11 is 0. The second kappa shape index (κ2) is 9.18. The van der Waals surface area contributed by atoms with Crippen molar-refractivity contribution < 1.29 is 14.3 Å². The van der Waals surface area contributed by atoms with Crippen LogP contribution in [0.5, 0.6) is 5.75 Å². The Morgan fingerprint density at radius 3 is 2.23 bits per heavy atom. The Morgan fingerprint density at radius 2 is 1.62 bits per heavy atom. The summed E-state index contributed by atoms with van der Waals surface area (Å²) in [6.07, 6.45) is 0.391. The van der Waals surface area contributed by atoms with Crippen molar-refractivity contribution in [3.05, 3.63) is 65.7 Å². The molecule has 0 saturated heterocycles. The van der Waals surface area contributed by atoms with E-state index in [1.807, 2.05) is 25.1 Å². The Bertz CT molecular complexity index is 721. The highest BCUT2D eigenvalue weighted by atomic mass is 16.5. The Balaban J connectivity index is 1.80. The summed E-state index contributed by atoms with van der Waals surface area (Å²) in [5.41, 5.74) is 1.62.